The Bertz CT molecular complexity index is 572. The van der Waals surface area contributed by atoms with E-state index in [1.165, 1.54) is 0 Å². The SMILES string of the molecule is CC(C)C[C@H](NC(=O)CN)C(=O)NCC(=O)NC(C(=O)C1(C)CO1)C(C)C. The van der Waals surface area contributed by atoms with E-state index in [0.717, 1.165) is 0 Å². The van der Waals surface area contributed by atoms with Crippen molar-refractivity contribution >= 4 is 23.5 Å². The highest BCUT2D eigenvalue weighted by molar-refractivity contribution is 5.97. The predicted octanol–water partition coefficient (Wildman–Crippen LogP) is -0.909. The van der Waals surface area contributed by atoms with Crippen molar-refractivity contribution in [2.24, 2.45) is 17.6 Å². The summed E-state index contributed by atoms with van der Waals surface area (Å²) < 4.78 is 5.16. The highest BCUT2D eigenvalue weighted by atomic mass is 16.6. The molecule has 9 nitrogen and oxygen atoms in total. The lowest BCUT2D eigenvalue weighted by atomic mass is 9.92. The molecule has 0 aromatic carbocycles. The Morgan fingerprint density at radius 2 is 1.67 bits per heavy atom. The van der Waals surface area contributed by atoms with Crippen LogP contribution in [0.4, 0.5) is 0 Å². The van der Waals surface area contributed by atoms with Crippen LogP contribution in [0.5, 0.6) is 0 Å². The summed E-state index contributed by atoms with van der Waals surface area (Å²) in [6, 6.07) is -1.46. The molecule has 3 amide bonds. The van der Waals surface area contributed by atoms with Crippen LogP contribution in [0.25, 0.3) is 0 Å². The van der Waals surface area contributed by atoms with Gasteiger partial charge in [-0.25, -0.2) is 0 Å². The molecule has 1 rings (SSSR count). The van der Waals surface area contributed by atoms with Gasteiger partial charge in [0, 0.05) is 0 Å². The summed E-state index contributed by atoms with van der Waals surface area (Å²) >= 11 is 0. The van der Waals surface area contributed by atoms with E-state index in [9.17, 15) is 19.2 Å². The van der Waals surface area contributed by atoms with E-state index in [1.807, 2.05) is 27.7 Å². The first kappa shape index (κ1) is 23.0. The molecule has 0 aliphatic carbocycles. The fourth-order valence-electron chi connectivity index (χ4n) is 2.59. The molecule has 1 saturated heterocycles. The first-order valence-electron chi connectivity index (χ1n) is 9.25. The molecular formula is C18H32N4O5. The zero-order chi connectivity index (χ0) is 20.8. The Hall–Kier alpha value is -2.00. The van der Waals surface area contributed by atoms with Crippen LogP contribution < -0.4 is 21.7 Å². The topological polar surface area (TPSA) is 143 Å². The standard InChI is InChI=1S/C18H32N4O5/c1-10(2)6-12(21-13(23)7-19)17(26)20-8-14(24)22-15(11(3)4)16(25)18(5)9-27-18/h10-12,15H,6-9,19H2,1-5H3,(H,20,26)(H,21,23)(H,22,24)/t12-,15?,18?/m0/s1. The molecule has 0 aromatic heterocycles. The Balaban J connectivity index is 2.60. The summed E-state index contributed by atoms with van der Waals surface area (Å²) in [5, 5.41) is 7.71. The fourth-order valence-corrected chi connectivity index (χ4v) is 2.59. The first-order chi connectivity index (χ1) is 12.5. The highest BCUT2D eigenvalue weighted by Gasteiger charge is 2.50. The summed E-state index contributed by atoms with van der Waals surface area (Å²) in [6.07, 6.45) is 0.419. The van der Waals surface area contributed by atoms with Gasteiger partial charge in [0.05, 0.1) is 25.7 Å². The summed E-state index contributed by atoms with van der Waals surface area (Å²) in [4.78, 5) is 48.5. The van der Waals surface area contributed by atoms with Gasteiger partial charge < -0.3 is 26.4 Å². The second-order valence-corrected chi connectivity index (χ2v) is 7.84. The van der Waals surface area contributed by atoms with Crippen LogP contribution in [0.3, 0.4) is 0 Å². The minimum absolute atomic E-state index is 0.115. The number of rotatable bonds is 11. The summed E-state index contributed by atoms with van der Waals surface area (Å²) in [6.45, 7) is 9.01. The Morgan fingerprint density at radius 3 is 2.11 bits per heavy atom. The molecule has 0 radical (unpaired) electrons. The van der Waals surface area contributed by atoms with Crippen LogP contribution in [0.15, 0.2) is 0 Å². The van der Waals surface area contributed by atoms with Gasteiger partial charge >= 0.3 is 0 Å². The van der Waals surface area contributed by atoms with Crippen molar-refractivity contribution in [2.45, 2.75) is 58.7 Å². The lowest BCUT2D eigenvalue weighted by molar-refractivity contribution is -0.132. The molecule has 9 heteroatoms. The number of epoxide rings is 1. The average molecular weight is 384 g/mol. The second kappa shape index (κ2) is 9.80. The molecule has 1 fully saturated rings. The van der Waals surface area contributed by atoms with Crippen molar-refractivity contribution < 1.29 is 23.9 Å². The average Bonchev–Trinajstić information content (AvgIpc) is 3.34. The largest absolute Gasteiger partial charge is 0.361 e. The van der Waals surface area contributed by atoms with Crippen molar-refractivity contribution in [1.29, 1.82) is 0 Å². The highest BCUT2D eigenvalue weighted by Crippen LogP contribution is 2.29. The van der Waals surface area contributed by atoms with E-state index >= 15 is 0 Å². The van der Waals surface area contributed by atoms with Crippen molar-refractivity contribution in [3.8, 4) is 0 Å². The van der Waals surface area contributed by atoms with Gasteiger partial charge in [0.1, 0.15) is 11.6 Å². The first-order valence-corrected chi connectivity index (χ1v) is 9.25. The van der Waals surface area contributed by atoms with Gasteiger partial charge in [0.15, 0.2) is 5.78 Å². The second-order valence-electron chi connectivity index (χ2n) is 7.84. The Labute approximate surface area is 160 Å². The quantitative estimate of drug-likeness (QED) is 0.340. The van der Waals surface area contributed by atoms with Crippen LogP contribution >= 0.6 is 0 Å². The summed E-state index contributed by atoms with van der Waals surface area (Å²) in [7, 11) is 0. The van der Waals surface area contributed by atoms with Crippen LogP contribution in [-0.4, -0.2) is 60.9 Å². The van der Waals surface area contributed by atoms with Crippen LogP contribution in [-0.2, 0) is 23.9 Å². The van der Waals surface area contributed by atoms with Crippen LogP contribution in [0.1, 0.15) is 41.0 Å². The van der Waals surface area contributed by atoms with Gasteiger partial charge in [0.2, 0.25) is 17.7 Å². The van der Waals surface area contributed by atoms with Crippen molar-refractivity contribution in [1.82, 2.24) is 16.0 Å². The number of nitrogens with one attached hydrogen (secondary N) is 3. The number of carbonyl (C=O) groups excluding carboxylic acids is 4. The lowest BCUT2D eigenvalue weighted by Gasteiger charge is -2.23. The molecule has 5 N–H and O–H groups in total. The summed E-state index contributed by atoms with van der Waals surface area (Å²) in [5.41, 5.74) is 4.44. The number of ether oxygens (including phenoxy) is 1. The van der Waals surface area contributed by atoms with Gasteiger partial charge in [-0.05, 0) is 25.2 Å². The maximum Gasteiger partial charge on any atom is 0.243 e. The van der Waals surface area contributed by atoms with Crippen molar-refractivity contribution in [3.63, 3.8) is 0 Å². The van der Waals surface area contributed by atoms with Crippen molar-refractivity contribution in [3.05, 3.63) is 0 Å². The number of hydrogen-bond acceptors (Lipinski definition) is 6. The maximum absolute atomic E-state index is 12.4. The number of hydrogen-bond donors (Lipinski definition) is 4. The molecule has 2 unspecified atom stereocenters. The van der Waals surface area contributed by atoms with E-state index in [0.29, 0.717) is 13.0 Å². The molecule has 1 aliphatic heterocycles. The predicted molar refractivity (Wildman–Crippen MR) is 99.6 cm³/mol. The van der Waals surface area contributed by atoms with E-state index in [2.05, 4.69) is 16.0 Å². The molecule has 3 atom stereocenters. The number of nitrogens with two attached hydrogens (primary N) is 1. The van der Waals surface area contributed by atoms with E-state index in [4.69, 9.17) is 10.5 Å². The summed E-state index contributed by atoms with van der Waals surface area (Å²) in [5.74, 6) is -1.52. The zero-order valence-electron chi connectivity index (χ0n) is 16.8. The molecule has 0 aromatic rings. The smallest absolute Gasteiger partial charge is 0.243 e. The third-order valence-electron chi connectivity index (χ3n) is 4.33. The molecule has 27 heavy (non-hydrogen) atoms. The molecular weight excluding hydrogens is 352 g/mol. The van der Waals surface area contributed by atoms with Gasteiger partial charge in [-0.15, -0.1) is 0 Å². The number of Topliss-reactive ketones (excluding diaryl/α,β-unsaturated/α-hetero) is 1. The normalized spacial score (nSPS) is 20.7. The number of amides is 3. The number of ketones is 1. The van der Waals surface area contributed by atoms with E-state index in [1.54, 1.807) is 6.92 Å². The molecule has 154 valence electrons. The lowest BCUT2D eigenvalue weighted by Crippen LogP contribution is -2.54. The molecule has 0 saturated carbocycles. The Kier molecular flexibility index (Phi) is 8.36. The Morgan fingerprint density at radius 1 is 1.07 bits per heavy atom. The number of carbonyl (C=O) groups is 4. The fraction of sp³-hybridized carbons (Fsp3) is 0.778. The third kappa shape index (κ3) is 7.26. The minimum atomic E-state index is -0.833. The van der Waals surface area contributed by atoms with Crippen LogP contribution in [0.2, 0.25) is 0 Å². The third-order valence-corrected chi connectivity index (χ3v) is 4.33. The van der Waals surface area contributed by atoms with E-state index < -0.39 is 35.4 Å². The van der Waals surface area contributed by atoms with Gasteiger partial charge in [-0.2, -0.15) is 0 Å². The van der Waals surface area contributed by atoms with Gasteiger partial charge in [-0.1, -0.05) is 27.7 Å². The minimum Gasteiger partial charge on any atom is -0.361 e. The molecule has 1 aliphatic rings. The van der Waals surface area contributed by atoms with Crippen molar-refractivity contribution in [2.75, 3.05) is 19.7 Å². The van der Waals surface area contributed by atoms with Crippen LogP contribution in [0, 0.1) is 11.8 Å². The van der Waals surface area contributed by atoms with Gasteiger partial charge in [0.25, 0.3) is 0 Å². The molecule has 0 spiro atoms. The molecule has 0 bridgehead atoms. The van der Waals surface area contributed by atoms with E-state index in [-0.39, 0.29) is 30.7 Å². The zero-order valence-corrected chi connectivity index (χ0v) is 16.8. The molecule has 1 heterocycles. The monoisotopic (exact) mass is 384 g/mol. The van der Waals surface area contributed by atoms with Gasteiger partial charge in [-0.3, -0.25) is 19.2 Å². The maximum atomic E-state index is 12.4.